The number of ether oxygens (including phenoxy) is 1. The summed E-state index contributed by atoms with van der Waals surface area (Å²) >= 11 is 0. The number of esters is 1. The number of hydrogen-bond acceptors (Lipinski definition) is 7. The zero-order chi connectivity index (χ0) is 18.3. The van der Waals surface area contributed by atoms with E-state index in [1.165, 1.54) is 20.8 Å². The molecular weight excluding hydrogens is 366 g/mol. The fourth-order valence-electron chi connectivity index (χ4n) is 1.60. The van der Waals surface area contributed by atoms with Crippen LogP contribution in [0.1, 0.15) is 34.1 Å². The van der Waals surface area contributed by atoms with Crippen LogP contribution in [0.2, 0.25) is 0 Å². The molecule has 0 aliphatic heterocycles. The third-order valence-corrected chi connectivity index (χ3v) is 4.04. The zero-order valence-electron chi connectivity index (χ0n) is 14.0. The van der Waals surface area contributed by atoms with Gasteiger partial charge in [-0.15, -0.1) is 12.4 Å². The van der Waals surface area contributed by atoms with Gasteiger partial charge >= 0.3 is 11.9 Å². The Hall–Kier alpha value is -1.39. The third kappa shape index (κ3) is 10.4. The van der Waals surface area contributed by atoms with E-state index in [0.717, 1.165) is 6.92 Å². The van der Waals surface area contributed by atoms with Gasteiger partial charge in [0, 0.05) is 25.8 Å². The Morgan fingerprint density at radius 2 is 1.75 bits per heavy atom. The van der Waals surface area contributed by atoms with Crippen LogP contribution < -0.4 is 5.32 Å². The molecule has 0 rings (SSSR count). The first-order valence-electron chi connectivity index (χ1n) is 6.89. The maximum Gasteiger partial charge on any atom is 0.345 e. The molecule has 0 unspecified atom stereocenters. The van der Waals surface area contributed by atoms with E-state index >= 15 is 0 Å². The second-order valence-electron chi connectivity index (χ2n) is 5.68. The Balaban J connectivity index is 0. The van der Waals surface area contributed by atoms with Crippen molar-refractivity contribution in [2.24, 2.45) is 5.41 Å². The van der Waals surface area contributed by atoms with E-state index in [-0.39, 0.29) is 37.0 Å². The zero-order valence-corrected chi connectivity index (χ0v) is 15.7. The van der Waals surface area contributed by atoms with Gasteiger partial charge in [0.2, 0.25) is 12.0 Å². The average molecular weight is 390 g/mol. The summed E-state index contributed by atoms with van der Waals surface area (Å²) < 4.78 is 33.0. The van der Waals surface area contributed by atoms with E-state index in [9.17, 15) is 22.8 Å². The van der Waals surface area contributed by atoms with E-state index < -0.39 is 40.2 Å². The van der Waals surface area contributed by atoms with Crippen molar-refractivity contribution in [3.63, 3.8) is 0 Å². The first-order valence-corrected chi connectivity index (χ1v) is 8.46. The number of carbonyl (C=O) groups excluding carboxylic acids is 2. The molecule has 0 saturated heterocycles. The average Bonchev–Trinajstić information content (AvgIpc) is 2.38. The molecule has 0 aliphatic rings. The lowest BCUT2D eigenvalue weighted by atomic mass is 9.87. The molecule has 0 fully saturated rings. The number of halogens is 1. The van der Waals surface area contributed by atoms with E-state index in [2.05, 4.69) is 5.32 Å². The van der Waals surface area contributed by atoms with Crippen molar-refractivity contribution < 1.29 is 36.8 Å². The van der Waals surface area contributed by atoms with Crippen LogP contribution in [-0.2, 0) is 33.4 Å². The second kappa shape index (κ2) is 10.5. The van der Waals surface area contributed by atoms with Crippen molar-refractivity contribution in [3.05, 3.63) is 0 Å². The molecule has 0 radical (unpaired) electrons. The number of aliphatic carboxylic acids is 1. The van der Waals surface area contributed by atoms with Gasteiger partial charge < -0.3 is 15.2 Å². The highest BCUT2D eigenvalue weighted by Crippen LogP contribution is 2.25. The van der Waals surface area contributed by atoms with Crippen LogP contribution in [0, 0.1) is 5.41 Å². The fourth-order valence-corrected chi connectivity index (χ4v) is 2.70. The number of nitrogens with one attached hydrogen (secondary N) is 1. The second-order valence-corrected chi connectivity index (χ2v) is 7.44. The Morgan fingerprint density at radius 3 is 2.17 bits per heavy atom. The molecule has 0 aromatic heterocycles. The molecule has 0 aliphatic carbocycles. The van der Waals surface area contributed by atoms with E-state index in [1.54, 1.807) is 0 Å². The molecule has 0 spiro atoms. The molecule has 0 heterocycles. The van der Waals surface area contributed by atoms with Crippen molar-refractivity contribution >= 4 is 40.4 Å². The highest BCUT2D eigenvalue weighted by atomic mass is 35.5. The molecule has 24 heavy (non-hydrogen) atoms. The third-order valence-electron chi connectivity index (χ3n) is 2.77. The molecule has 0 aromatic rings. The smallest absolute Gasteiger partial charge is 0.345 e. The lowest BCUT2D eigenvalue weighted by Gasteiger charge is -2.29. The molecule has 2 N–H and O–H groups in total. The first kappa shape index (κ1) is 24.9. The Bertz CT molecular complexity index is 546. The van der Waals surface area contributed by atoms with Gasteiger partial charge in [0.05, 0.1) is 12.4 Å². The van der Waals surface area contributed by atoms with Crippen molar-refractivity contribution in [3.8, 4) is 0 Å². The van der Waals surface area contributed by atoms with Gasteiger partial charge in [-0.05, 0) is 6.42 Å². The Morgan fingerprint density at radius 1 is 1.21 bits per heavy atom. The topological polar surface area (TPSA) is 136 Å². The van der Waals surface area contributed by atoms with Crippen LogP contribution in [0.3, 0.4) is 0 Å². The summed E-state index contributed by atoms with van der Waals surface area (Å²) in [4.78, 5) is 32.8. The highest BCUT2D eigenvalue weighted by Gasteiger charge is 2.39. The van der Waals surface area contributed by atoms with Crippen LogP contribution in [-0.4, -0.2) is 56.4 Å². The van der Waals surface area contributed by atoms with Crippen molar-refractivity contribution in [2.75, 3.05) is 18.9 Å². The van der Waals surface area contributed by atoms with E-state index in [0.29, 0.717) is 0 Å². The van der Waals surface area contributed by atoms with Gasteiger partial charge in [0.25, 0.3) is 10.1 Å². The fraction of sp³-hybridized carbons (Fsp3) is 0.769. The maximum absolute atomic E-state index is 11.7. The monoisotopic (exact) mass is 389 g/mol. The SMILES string of the molecule is CC(=O)NCCCS(=O)(=O)OCC(C)(C)[C@@H](OC(C)=O)C(=O)O.Cl. The van der Waals surface area contributed by atoms with Crippen molar-refractivity contribution in [1.82, 2.24) is 5.32 Å². The molecule has 11 heteroatoms. The van der Waals surface area contributed by atoms with Gasteiger partial charge in [-0.2, -0.15) is 8.42 Å². The van der Waals surface area contributed by atoms with Gasteiger partial charge in [-0.1, -0.05) is 13.8 Å². The highest BCUT2D eigenvalue weighted by molar-refractivity contribution is 7.86. The Labute approximate surface area is 147 Å². The largest absolute Gasteiger partial charge is 0.478 e. The number of rotatable bonds is 10. The molecule has 142 valence electrons. The molecular formula is C13H24ClNO8S. The van der Waals surface area contributed by atoms with Crippen LogP contribution >= 0.6 is 12.4 Å². The van der Waals surface area contributed by atoms with E-state index in [1.807, 2.05) is 0 Å². The minimum absolute atomic E-state index is 0. The lowest BCUT2D eigenvalue weighted by Crippen LogP contribution is -2.43. The predicted octanol–water partition coefficient (Wildman–Crippen LogP) is 0.323. The van der Waals surface area contributed by atoms with Crippen molar-refractivity contribution in [1.29, 1.82) is 0 Å². The van der Waals surface area contributed by atoms with Gasteiger partial charge in [-0.3, -0.25) is 13.8 Å². The molecule has 1 amide bonds. The number of carbonyl (C=O) groups is 3. The summed E-state index contributed by atoms with van der Waals surface area (Å²) in [6.07, 6.45) is -1.37. The lowest BCUT2D eigenvalue weighted by molar-refractivity contribution is -0.172. The summed E-state index contributed by atoms with van der Waals surface area (Å²) in [5.41, 5.74) is -1.25. The first-order chi connectivity index (χ1) is 10.4. The number of amides is 1. The van der Waals surface area contributed by atoms with Crippen molar-refractivity contribution in [2.45, 2.75) is 40.2 Å². The standard InChI is InChI=1S/C13H23NO8S.ClH/c1-9(15)14-6-5-7-23(19,20)21-8-13(3,4)11(12(17)18)22-10(2)16;/h11H,5-8H2,1-4H3,(H,14,15)(H,17,18);1H/t11-;/m0./s1. The molecule has 9 nitrogen and oxygen atoms in total. The quantitative estimate of drug-likeness (QED) is 0.310. The summed E-state index contributed by atoms with van der Waals surface area (Å²) in [5, 5.41) is 11.5. The van der Waals surface area contributed by atoms with Gasteiger partial charge in [0.1, 0.15) is 0 Å². The molecule has 0 saturated carbocycles. The van der Waals surface area contributed by atoms with Gasteiger partial charge in [-0.25, -0.2) is 4.79 Å². The van der Waals surface area contributed by atoms with Crippen LogP contribution in [0.5, 0.6) is 0 Å². The molecule has 1 atom stereocenters. The normalized spacial score (nSPS) is 12.7. The number of hydrogen-bond donors (Lipinski definition) is 2. The summed E-state index contributed by atoms with van der Waals surface area (Å²) in [5.74, 6) is -2.77. The van der Waals surface area contributed by atoms with Crippen LogP contribution in [0.15, 0.2) is 0 Å². The molecule has 0 aromatic carbocycles. The minimum atomic E-state index is -3.89. The minimum Gasteiger partial charge on any atom is -0.478 e. The maximum atomic E-state index is 11.7. The number of carboxylic acid groups (broad SMARTS) is 1. The summed E-state index contributed by atoms with van der Waals surface area (Å²) in [6, 6.07) is 0. The number of carboxylic acids is 1. The predicted molar refractivity (Wildman–Crippen MR) is 87.3 cm³/mol. The summed E-state index contributed by atoms with van der Waals surface area (Å²) in [7, 11) is -3.89. The van der Waals surface area contributed by atoms with Crippen LogP contribution in [0.4, 0.5) is 0 Å². The Kier molecular flexibility index (Phi) is 10.8. The van der Waals surface area contributed by atoms with E-state index in [4.69, 9.17) is 14.0 Å². The van der Waals surface area contributed by atoms with Gasteiger partial charge in [0.15, 0.2) is 0 Å². The molecule has 0 bridgehead atoms. The van der Waals surface area contributed by atoms with Crippen LogP contribution in [0.25, 0.3) is 0 Å². The summed E-state index contributed by atoms with van der Waals surface area (Å²) in [6.45, 7) is 4.94.